The number of benzene rings is 3. The molecule has 216 valence electrons. The van der Waals surface area contributed by atoms with E-state index in [1.807, 2.05) is 30.3 Å². The number of nitrogens with two attached hydrogens (primary N) is 1. The van der Waals surface area contributed by atoms with E-state index in [2.05, 4.69) is 4.72 Å². The molecule has 0 amide bonds. The van der Waals surface area contributed by atoms with Gasteiger partial charge in [0.15, 0.2) is 0 Å². The second kappa shape index (κ2) is 11.9. The fourth-order valence-corrected chi connectivity index (χ4v) is 7.14. The smallest absolute Gasteiger partial charge is 0.248 e. The van der Waals surface area contributed by atoms with Gasteiger partial charge < -0.3 is 0 Å². The summed E-state index contributed by atoms with van der Waals surface area (Å²) >= 11 is 5.96. The lowest BCUT2D eigenvalue weighted by Crippen LogP contribution is -2.42. The van der Waals surface area contributed by atoms with Gasteiger partial charge in [-0.15, -0.1) is 0 Å². The van der Waals surface area contributed by atoms with E-state index in [9.17, 15) is 21.2 Å². The van der Waals surface area contributed by atoms with Crippen molar-refractivity contribution in [1.82, 2.24) is 9.73 Å². The van der Waals surface area contributed by atoms with Gasteiger partial charge in [-0.05, 0) is 73.2 Å². The van der Waals surface area contributed by atoms with Gasteiger partial charge in [0, 0.05) is 10.9 Å². The van der Waals surface area contributed by atoms with Crippen LogP contribution >= 0.6 is 11.6 Å². The molecule has 3 aromatic rings. The molecule has 41 heavy (non-hydrogen) atoms. The monoisotopic (exact) mass is 617 g/mol. The predicted molar refractivity (Wildman–Crippen MR) is 157 cm³/mol. The lowest BCUT2D eigenvalue weighted by Gasteiger charge is -2.27. The summed E-state index contributed by atoms with van der Waals surface area (Å²) in [4.78, 5) is 4.75. The number of rotatable bonds is 6. The molecule has 3 aromatic carbocycles. The van der Waals surface area contributed by atoms with Gasteiger partial charge in [-0.25, -0.2) is 41.1 Å². The van der Waals surface area contributed by atoms with Gasteiger partial charge in [0.1, 0.15) is 5.82 Å². The van der Waals surface area contributed by atoms with Crippen LogP contribution < -0.4 is 9.86 Å². The first kappa shape index (κ1) is 29.2. The molecule has 2 aliphatic rings. The van der Waals surface area contributed by atoms with Gasteiger partial charge in [0.25, 0.3) is 10.0 Å². The summed E-state index contributed by atoms with van der Waals surface area (Å²) in [5, 5.41) is 11.4. The van der Waals surface area contributed by atoms with Gasteiger partial charge in [-0.1, -0.05) is 54.1 Å². The quantitative estimate of drug-likeness (QED) is 0.316. The van der Waals surface area contributed by atoms with Crippen molar-refractivity contribution >= 4 is 43.3 Å². The second-order valence-corrected chi connectivity index (χ2v) is 14.0. The van der Waals surface area contributed by atoms with Crippen molar-refractivity contribution in [2.24, 2.45) is 15.2 Å². The molecule has 9 nitrogen and oxygen atoms in total. The van der Waals surface area contributed by atoms with E-state index >= 15 is 0 Å². The molecular weight excluding hydrogens is 589 g/mol. The maximum Gasteiger partial charge on any atom is 0.264 e. The topological polar surface area (TPSA) is 134 Å². The number of hydrogen-bond donors (Lipinski definition) is 2. The summed E-state index contributed by atoms with van der Waals surface area (Å²) in [6, 6.07) is 21.0. The molecule has 13 heteroatoms. The van der Waals surface area contributed by atoms with E-state index in [4.69, 9.17) is 26.8 Å². The van der Waals surface area contributed by atoms with Crippen LogP contribution in [0.1, 0.15) is 42.7 Å². The minimum atomic E-state index is -4.08. The standard InChI is InChI=1S/C28H29ClFN5O4S2/c29-21-8-14-25(15-9-21)41(38,39)34-28(32-23-12-16-24(17-13-23)40(31,36)37)35-18-26(19-4-2-1-3-5-19)27(33-35)20-6-10-22(30)11-7-20/h1-11,14-15,23-24,26H,12-13,16-18H2,(H,32,34)(H2,31,36,37)/t23?,24?,26-/m0/s1. The third-order valence-corrected chi connectivity index (χ3v) is 10.3. The van der Waals surface area contributed by atoms with Crippen LogP contribution in [-0.4, -0.2) is 51.4 Å². The number of nitrogens with zero attached hydrogens (tertiary/aromatic N) is 3. The number of hydrogen-bond acceptors (Lipinski definition) is 6. The van der Waals surface area contributed by atoms with Gasteiger partial charge in [-0.2, -0.15) is 5.10 Å². The van der Waals surface area contributed by atoms with Crippen LogP contribution in [0.4, 0.5) is 4.39 Å². The Morgan fingerprint density at radius 2 is 1.56 bits per heavy atom. The van der Waals surface area contributed by atoms with Crippen molar-refractivity contribution in [2.45, 2.75) is 47.8 Å². The van der Waals surface area contributed by atoms with Crippen molar-refractivity contribution < 1.29 is 21.2 Å². The SMILES string of the molecule is NS(=O)(=O)C1CCC(/N=C(\NS(=O)(=O)c2ccc(Cl)cc2)N2C[C@@H](c3ccccc3)C(c3ccc(F)cc3)=N2)CC1. The highest BCUT2D eigenvalue weighted by molar-refractivity contribution is 7.90. The van der Waals surface area contributed by atoms with E-state index in [1.165, 1.54) is 41.4 Å². The van der Waals surface area contributed by atoms with Crippen LogP contribution in [0.2, 0.25) is 5.02 Å². The Bertz CT molecular complexity index is 1660. The van der Waals surface area contributed by atoms with E-state index in [1.54, 1.807) is 12.1 Å². The minimum Gasteiger partial charge on any atom is -0.248 e. The molecule has 3 N–H and O–H groups in total. The molecule has 1 saturated carbocycles. The molecular formula is C28H29ClFN5O4S2. The van der Waals surface area contributed by atoms with Gasteiger partial charge in [0.2, 0.25) is 16.0 Å². The number of hydrazone groups is 1. The molecule has 1 fully saturated rings. The Morgan fingerprint density at radius 1 is 0.927 bits per heavy atom. The van der Waals surface area contributed by atoms with Crippen LogP contribution in [0, 0.1) is 5.82 Å². The molecule has 0 aromatic heterocycles. The molecule has 0 unspecified atom stereocenters. The third kappa shape index (κ3) is 6.95. The first-order chi connectivity index (χ1) is 19.5. The van der Waals surface area contributed by atoms with Gasteiger partial charge in [0.05, 0.1) is 28.4 Å². The normalized spacial score (nSPS) is 21.9. The fourth-order valence-electron chi connectivity index (χ4n) is 5.08. The highest BCUT2D eigenvalue weighted by Gasteiger charge is 2.35. The number of guanidine groups is 1. The molecule has 1 atom stereocenters. The molecule has 5 rings (SSSR count). The fraction of sp³-hybridized carbons (Fsp3) is 0.286. The number of nitrogens with one attached hydrogen (secondary N) is 1. The van der Waals surface area contributed by atoms with Crippen molar-refractivity contribution in [2.75, 3.05) is 6.54 Å². The summed E-state index contributed by atoms with van der Waals surface area (Å²) in [5.41, 5.74) is 2.27. The number of primary sulfonamides is 1. The van der Waals surface area contributed by atoms with Crippen molar-refractivity contribution in [3.63, 3.8) is 0 Å². The average Bonchev–Trinajstić information content (AvgIpc) is 3.39. The molecule has 0 radical (unpaired) electrons. The van der Waals surface area contributed by atoms with Crippen molar-refractivity contribution in [3.05, 3.63) is 101 Å². The number of aliphatic imine (C=N–C) groups is 1. The van der Waals surface area contributed by atoms with E-state index in [0.717, 1.165) is 5.56 Å². The summed E-state index contributed by atoms with van der Waals surface area (Å²) in [6.45, 7) is 0.269. The molecule has 0 saturated heterocycles. The minimum absolute atomic E-state index is 0.00548. The Kier molecular flexibility index (Phi) is 8.46. The van der Waals surface area contributed by atoms with Crippen molar-refractivity contribution in [3.8, 4) is 0 Å². The Balaban J connectivity index is 1.52. The lowest BCUT2D eigenvalue weighted by atomic mass is 9.91. The molecule has 1 aliphatic carbocycles. The Labute approximate surface area is 244 Å². The van der Waals surface area contributed by atoms with Crippen LogP contribution in [0.5, 0.6) is 0 Å². The number of halogens is 2. The summed E-state index contributed by atoms with van der Waals surface area (Å²) in [5.74, 6) is -0.629. The van der Waals surface area contributed by atoms with Crippen LogP contribution in [0.15, 0.2) is 93.9 Å². The van der Waals surface area contributed by atoms with E-state index in [-0.39, 0.29) is 35.2 Å². The molecule has 0 spiro atoms. The van der Waals surface area contributed by atoms with Gasteiger partial charge >= 0.3 is 0 Å². The van der Waals surface area contributed by atoms with E-state index < -0.39 is 25.3 Å². The van der Waals surface area contributed by atoms with Crippen LogP contribution in [0.25, 0.3) is 0 Å². The van der Waals surface area contributed by atoms with Crippen LogP contribution in [0.3, 0.4) is 0 Å². The highest BCUT2D eigenvalue weighted by atomic mass is 35.5. The largest absolute Gasteiger partial charge is 0.264 e. The summed E-state index contributed by atoms with van der Waals surface area (Å²) < 4.78 is 66.9. The maximum atomic E-state index is 13.7. The second-order valence-electron chi connectivity index (χ2n) is 10.1. The Morgan fingerprint density at radius 3 is 2.17 bits per heavy atom. The summed E-state index contributed by atoms with van der Waals surface area (Å²) in [6.07, 6.45) is 1.47. The molecule has 1 heterocycles. The highest BCUT2D eigenvalue weighted by Crippen LogP contribution is 2.31. The lowest BCUT2D eigenvalue weighted by molar-refractivity contribution is 0.416. The number of sulfonamides is 2. The first-order valence-corrected chi connectivity index (χ1v) is 16.5. The van der Waals surface area contributed by atoms with Crippen molar-refractivity contribution in [1.29, 1.82) is 0 Å². The maximum absolute atomic E-state index is 13.7. The third-order valence-electron chi connectivity index (χ3n) is 7.26. The van der Waals surface area contributed by atoms with Crippen LogP contribution in [-0.2, 0) is 20.0 Å². The first-order valence-electron chi connectivity index (χ1n) is 13.0. The zero-order chi connectivity index (χ0) is 29.2. The predicted octanol–water partition coefficient (Wildman–Crippen LogP) is 4.22. The van der Waals surface area contributed by atoms with Gasteiger partial charge in [-0.3, -0.25) is 0 Å². The van der Waals surface area contributed by atoms with E-state index in [0.29, 0.717) is 42.0 Å². The zero-order valence-corrected chi connectivity index (χ0v) is 24.3. The molecule has 0 bridgehead atoms. The summed E-state index contributed by atoms with van der Waals surface area (Å²) in [7, 11) is -7.75. The Hall–Kier alpha value is -3.32. The molecule has 1 aliphatic heterocycles. The zero-order valence-electron chi connectivity index (χ0n) is 21.9. The average molecular weight is 618 g/mol.